The van der Waals surface area contributed by atoms with Crippen LogP contribution in [0, 0.1) is 0 Å². The van der Waals surface area contributed by atoms with Crippen LogP contribution in [-0.4, -0.2) is 35.3 Å². The van der Waals surface area contributed by atoms with Gasteiger partial charge in [-0.05, 0) is 17.7 Å². The molecule has 0 spiro atoms. The van der Waals surface area contributed by atoms with Crippen LogP contribution in [0.25, 0.3) is 0 Å². The van der Waals surface area contributed by atoms with Crippen LogP contribution < -0.4 is 10.6 Å². The maximum atomic E-state index is 12.4. The summed E-state index contributed by atoms with van der Waals surface area (Å²) in [5.41, 5.74) is 1.57. The number of carbonyl (C=O) groups excluding carboxylic acids is 3. The highest BCUT2D eigenvalue weighted by atomic mass is 16.2. The number of rotatable bonds is 5. The van der Waals surface area contributed by atoms with Crippen molar-refractivity contribution in [2.45, 2.75) is 12.5 Å². The van der Waals surface area contributed by atoms with E-state index in [0.29, 0.717) is 12.1 Å². The lowest BCUT2D eigenvalue weighted by molar-refractivity contribution is -0.130. The summed E-state index contributed by atoms with van der Waals surface area (Å²) in [6.07, 6.45) is 0.405. The second-order valence-corrected chi connectivity index (χ2v) is 5.53. The maximum absolute atomic E-state index is 12.4. The molecule has 6 heteroatoms. The van der Waals surface area contributed by atoms with Gasteiger partial charge < -0.3 is 10.6 Å². The van der Waals surface area contributed by atoms with Gasteiger partial charge >= 0.3 is 6.03 Å². The first-order valence-corrected chi connectivity index (χ1v) is 7.64. The summed E-state index contributed by atoms with van der Waals surface area (Å²) in [7, 11) is 0. The van der Waals surface area contributed by atoms with E-state index in [1.165, 1.54) is 0 Å². The van der Waals surface area contributed by atoms with Crippen molar-refractivity contribution in [3.05, 3.63) is 66.2 Å². The SMILES string of the molecule is O=C(CN1C(=O)N[C@H](Cc2ccccc2)C1=O)Nc1ccccc1. The van der Waals surface area contributed by atoms with Gasteiger partial charge in [0.15, 0.2) is 0 Å². The lowest BCUT2D eigenvalue weighted by Gasteiger charge is -2.13. The van der Waals surface area contributed by atoms with Crippen molar-refractivity contribution < 1.29 is 14.4 Å². The molecule has 0 bridgehead atoms. The minimum atomic E-state index is -0.635. The van der Waals surface area contributed by atoms with E-state index in [1.54, 1.807) is 24.3 Å². The average Bonchev–Trinajstić information content (AvgIpc) is 2.84. The van der Waals surface area contributed by atoms with E-state index in [0.717, 1.165) is 10.5 Å². The standard InChI is InChI=1S/C18H17N3O3/c22-16(19-14-9-5-2-6-10-14)12-21-17(23)15(20-18(21)24)11-13-7-3-1-4-8-13/h1-10,15H,11-12H2,(H,19,22)(H,20,24)/t15-/m1/s1. The summed E-state index contributed by atoms with van der Waals surface area (Å²) in [5.74, 6) is -0.794. The first kappa shape index (κ1) is 15.7. The molecule has 4 amide bonds. The van der Waals surface area contributed by atoms with Crippen LogP contribution >= 0.6 is 0 Å². The predicted molar refractivity (Wildman–Crippen MR) is 89.3 cm³/mol. The molecule has 0 radical (unpaired) electrons. The van der Waals surface area contributed by atoms with Crippen LogP contribution in [0.15, 0.2) is 60.7 Å². The van der Waals surface area contributed by atoms with Crippen molar-refractivity contribution in [3.8, 4) is 0 Å². The first-order chi connectivity index (χ1) is 11.6. The molecule has 3 rings (SSSR count). The topological polar surface area (TPSA) is 78.5 Å². The molecule has 0 aliphatic carbocycles. The second kappa shape index (κ2) is 6.95. The van der Waals surface area contributed by atoms with Gasteiger partial charge in [-0.3, -0.25) is 14.5 Å². The number of anilines is 1. The lowest BCUT2D eigenvalue weighted by atomic mass is 10.1. The van der Waals surface area contributed by atoms with Crippen LogP contribution in [0.3, 0.4) is 0 Å². The van der Waals surface area contributed by atoms with E-state index >= 15 is 0 Å². The van der Waals surface area contributed by atoms with Gasteiger partial charge in [0.25, 0.3) is 5.91 Å². The molecule has 0 saturated carbocycles. The van der Waals surface area contributed by atoms with Crippen molar-refractivity contribution in [3.63, 3.8) is 0 Å². The average molecular weight is 323 g/mol. The highest BCUT2D eigenvalue weighted by Gasteiger charge is 2.38. The molecule has 1 heterocycles. The van der Waals surface area contributed by atoms with Crippen molar-refractivity contribution >= 4 is 23.5 Å². The van der Waals surface area contributed by atoms with Gasteiger partial charge in [-0.1, -0.05) is 48.5 Å². The molecule has 6 nitrogen and oxygen atoms in total. The van der Waals surface area contributed by atoms with Crippen LogP contribution in [-0.2, 0) is 16.0 Å². The van der Waals surface area contributed by atoms with Crippen molar-refractivity contribution in [2.24, 2.45) is 0 Å². The zero-order chi connectivity index (χ0) is 16.9. The monoisotopic (exact) mass is 323 g/mol. The molecule has 0 unspecified atom stereocenters. The Morgan fingerprint density at radius 2 is 1.62 bits per heavy atom. The molecule has 1 atom stereocenters. The van der Waals surface area contributed by atoms with Crippen LogP contribution in [0.1, 0.15) is 5.56 Å². The summed E-state index contributed by atoms with van der Waals surface area (Å²) in [4.78, 5) is 37.3. The fourth-order valence-electron chi connectivity index (χ4n) is 2.58. The number of urea groups is 1. The number of benzene rings is 2. The van der Waals surface area contributed by atoms with E-state index in [-0.39, 0.29) is 12.5 Å². The number of para-hydroxylation sites is 1. The maximum Gasteiger partial charge on any atom is 0.325 e. The highest BCUT2D eigenvalue weighted by molar-refractivity contribution is 6.08. The van der Waals surface area contributed by atoms with E-state index in [9.17, 15) is 14.4 Å². The molecule has 0 aromatic heterocycles. The second-order valence-electron chi connectivity index (χ2n) is 5.53. The third-order valence-electron chi connectivity index (χ3n) is 3.75. The molecule has 1 aliphatic heterocycles. The Labute approximate surface area is 139 Å². The van der Waals surface area contributed by atoms with Gasteiger partial charge in [-0.15, -0.1) is 0 Å². The van der Waals surface area contributed by atoms with Gasteiger partial charge in [0.05, 0.1) is 0 Å². The summed E-state index contributed by atoms with van der Waals surface area (Å²) in [5, 5.41) is 5.29. The van der Waals surface area contributed by atoms with E-state index in [2.05, 4.69) is 10.6 Å². The largest absolute Gasteiger partial charge is 0.325 e. The third-order valence-corrected chi connectivity index (χ3v) is 3.75. The third kappa shape index (κ3) is 3.60. The van der Waals surface area contributed by atoms with E-state index in [1.807, 2.05) is 36.4 Å². The molecule has 2 aromatic carbocycles. The first-order valence-electron chi connectivity index (χ1n) is 7.64. The van der Waals surface area contributed by atoms with Gasteiger partial charge in [0, 0.05) is 12.1 Å². The molecule has 1 fully saturated rings. The van der Waals surface area contributed by atoms with E-state index in [4.69, 9.17) is 0 Å². The van der Waals surface area contributed by atoms with Gasteiger partial charge in [0.1, 0.15) is 12.6 Å². The molecule has 1 saturated heterocycles. The smallest absolute Gasteiger partial charge is 0.325 e. The lowest BCUT2D eigenvalue weighted by Crippen LogP contribution is -2.38. The summed E-state index contributed by atoms with van der Waals surface area (Å²) in [6.45, 7) is -0.301. The molecule has 24 heavy (non-hydrogen) atoms. The number of carbonyl (C=O) groups is 3. The number of hydrogen-bond acceptors (Lipinski definition) is 3. The Hall–Kier alpha value is -3.15. The van der Waals surface area contributed by atoms with Crippen LogP contribution in [0.5, 0.6) is 0 Å². The fraction of sp³-hybridized carbons (Fsp3) is 0.167. The van der Waals surface area contributed by atoms with Crippen molar-refractivity contribution in [1.29, 1.82) is 0 Å². The number of nitrogens with zero attached hydrogens (tertiary/aromatic N) is 1. The quantitative estimate of drug-likeness (QED) is 0.824. The van der Waals surface area contributed by atoms with Gasteiger partial charge in [-0.25, -0.2) is 4.79 Å². The predicted octanol–water partition coefficient (Wildman–Crippen LogP) is 1.79. The minimum Gasteiger partial charge on any atom is -0.325 e. The summed E-state index contributed by atoms with van der Waals surface area (Å²) < 4.78 is 0. The Balaban J connectivity index is 1.61. The zero-order valence-corrected chi connectivity index (χ0v) is 12.9. The minimum absolute atomic E-state index is 0.301. The zero-order valence-electron chi connectivity index (χ0n) is 12.9. The molecule has 122 valence electrons. The van der Waals surface area contributed by atoms with Crippen LogP contribution in [0.4, 0.5) is 10.5 Å². The van der Waals surface area contributed by atoms with Crippen molar-refractivity contribution in [1.82, 2.24) is 10.2 Å². The Morgan fingerprint density at radius 1 is 1.00 bits per heavy atom. The Morgan fingerprint density at radius 3 is 2.29 bits per heavy atom. The highest BCUT2D eigenvalue weighted by Crippen LogP contribution is 2.13. The Bertz CT molecular complexity index is 747. The van der Waals surface area contributed by atoms with Gasteiger partial charge in [-0.2, -0.15) is 0 Å². The van der Waals surface area contributed by atoms with Crippen LogP contribution in [0.2, 0.25) is 0 Å². The number of hydrogen-bond donors (Lipinski definition) is 2. The fourth-order valence-corrected chi connectivity index (χ4v) is 2.58. The number of imide groups is 1. The number of amides is 4. The summed E-state index contributed by atoms with van der Waals surface area (Å²) >= 11 is 0. The number of nitrogens with one attached hydrogen (secondary N) is 2. The molecule has 2 N–H and O–H groups in total. The molecule has 2 aromatic rings. The van der Waals surface area contributed by atoms with Gasteiger partial charge in [0.2, 0.25) is 5.91 Å². The normalized spacial score (nSPS) is 16.8. The Kier molecular flexibility index (Phi) is 4.56. The molecular weight excluding hydrogens is 306 g/mol. The van der Waals surface area contributed by atoms with E-state index < -0.39 is 18.0 Å². The molecule has 1 aliphatic rings. The van der Waals surface area contributed by atoms with Crippen molar-refractivity contribution in [2.75, 3.05) is 11.9 Å². The molecular formula is C18H17N3O3. The summed E-state index contributed by atoms with van der Waals surface area (Å²) in [6, 6.07) is 17.1.